The van der Waals surface area contributed by atoms with Crippen LogP contribution in [-0.2, 0) is 9.84 Å². The van der Waals surface area contributed by atoms with Crippen molar-refractivity contribution < 1.29 is 17.9 Å². The number of benzene rings is 1. The summed E-state index contributed by atoms with van der Waals surface area (Å²) in [5, 5.41) is 8.11. The summed E-state index contributed by atoms with van der Waals surface area (Å²) < 4.78 is 36.2. The Kier molecular flexibility index (Phi) is 3.82. The zero-order chi connectivity index (χ0) is 11.5. The minimum atomic E-state index is -3.53. The maximum Gasteiger partial charge on any atom is 0.183 e. The fourth-order valence-electron chi connectivity index (χ4n) is 1.26. The third-order valence-electron chi connectivity index (χ3n) is 2.24. The van der Waals surface area contributed by atoms with E-state index in [2.05, 4.69) is 0 Å². The molecule has 0 aliphatic carbocycles. The fraction of sp³-hybridized carbons (Fsp3) is 0.400. The fourth-order valence-corrected chi connectivity index (χ4v) is 2.80. The summed E-state index contributed by atoms with van der Waals surface area (Å²) in [4.78, 5) is 0.0461. The van der Waals surface area contributed by atoms with Crippen molar-refractivity contribution in [2.45, 2.75) is 23.5 Å². The quantitative estimate of drug-likeness (QED) is 0.798. The minimum absolute atomic E-state index is 0.0461. The van der Waals surface area contributed by atoms with E-state index in [4.69, 9.17) is 5.11 Å². The van der Waals surface area contributed by atoms with Crippen LogP contribution in [0, 0.1) is 5.82 Å². The predicted molar refractivity (Wildman–Crippen MR) is 54.8 cm³/mol. The predicted octanol–water partition coefficient (Wildman–Crippen LogP) is 1.37. The first-order chi connectivity index (χ1) is 7.02. The van der Waals surface area contributed by atoms with Gasteiger partial charge in [0.25, 0.3) is 0 Å². The highest BCUT2D eigenvalue weighted by molar-refractivity contribution is 7.92. The monoisotopic (exact) mass is 232 g/mol. The topological polar surface area (TPSA) is 54.4 Å². The van der Waals surface area contributed by atoms with Crippen LogP contribution in [0.4, 0.5) is 4.39 Å². The van der Waals surface area contributed by atoms with Crippen molar-refractivity contribution in [2.75, 3.05) is 6.61 Å². The first-order valence-electron chi connectivity index (χ1n) is 4.62. The number of rotatable bonds is 4. The van der Waals surface area contributed by atoms with Crippen LogP contribution < -0.4 is 0 Å². The van der Waals surface area contributed by atoms with Crippen molar-refractivity contribution in [2.24, 2.45) is 0 Å². The van der Waals surface area contributed by atoms with Gasteiger partial charge in [0.05, 0.1) is 16.8 Å². The van der Waals surface area contributed by atoms with E-state index in [1.54, 1.807) is 6.92 Å². The highest BCUT2D eigenvalue weighted by Crippen LogP contribution is 2.18. The van der Waals surface area contributed by atoms with Crippen molar-refractivity contribution in [3.8, 4) is 0 Å². The van der Waals surface area contributed by atoms with Crippen LogP contribution in [0.1, 0.15) is 13.3 Å². The van der Waals surface area contributed by atoms with Crippen molar-refractivity contribution in [1.82, 2.24) is 0 Å². The lowest BCUT2D eigenvalue weighted by Gasteiger charge is -2.12. The second kappa shape index (κ2) is 4.72. The Morgan fingerprint density at radius 2 is 1.87 bits per heavy atom. The largest absolute Gasteiger partial charge is 0.395 e. The van der Waals surface area contributed by atoms with Crippen LogP contribution in [0.15, 0.2) is 29.2 Å². The van der Waals surface area contributed by atoms with Crippen LogP contribution in [0.2, 0.25) is 0 Å². The second-order valence-corrected chi connectivity index (χ2v) is 5.44. The van der Waals surface area contributed by atoms with Gasteiger partial charge in [-0.05, 0) is 30.7 Å². The first-order valence-corrected chi connectivity index (χ1v) is 6.17. The molecule has 0 bridgehead atoms. The lowest BCUT2D eigenvalue weighted by atomic mass is 10.3. The van der Waals surface area contributed by atoms with Crippen molar-refractivity contribution in [3.05, 3.63) is 30.1 Å². The molecule has 0 amide bonds. The summed E-state index contributed by atoms with van der Waals surface area (Å²) in [5.74, 6) is -0.481. The molecule has 0 saturated carbocycles. The molecule has 15 heavy (non-hydrogen) atoms. The zero-order valence-electron chi connectivity index (χ0n) is 8.35. The number of aliphatic hydroxyl groups excluding tert-OH is 1. The molecule has 1 unspecified atom stereocenters. The van der Waals surface area contributed by atoms with Gasteiger partial charge < -0.3 is 5.11 Å². The number of sulfone groups is 1. The molecule has 1 atom stereocenters. The maximum absolute atomic E-state index is 12.6. The van der Waals surface area contributed by atoms with Gasteiger partial charge in [-0.15, -0.1) is 0 Å². The third-order valence-corrected chi connectivity index (χ3v) is 4.53. The zero-order valence-corrected chi connectivity index (χ0v) is 9.17. The summed E-state index contributed by atoms with van der Waals surface area (Å²) >= 11 is 0. The molecule has 0 radical (unpaired) electrons. The molecule has 0 fully saturated rings. The maximum atomic E-state index is 12.6. The van der Waals surface area contributed by atoms with E-state index >= 15 is 0 Å². The van der Waals surface area contributed by atoms with E-state index < -0.39 is 27.5 Å². The number of aliphatic hydroxyl groups is 1. The molecule has 3 nitrogen and oxygen atoms in total. The van der Waals surface area contributed by atoms with E-state index in [0.29, 0.717) is 6.42 Å². The van der Waals surface area contributed by atoms with Gasteiger partial charge in [-0.2, -0.15) is 0 Å². The average Bonchev–Trinajstić information content (AvgIpc) is 2.19. The SMILES string of the molecule is CCC(CO)S(=O)(=O)c1ccc(F)cc1. The molecular formula is C10H13FO3S. The number of halogens is 1. The molecule has 1 aromatic carbocycles. The highest BCUT2D eigenvalue weighted by Gasteiger charge is 2.24. The average molecular weight is 232 g/mol. The standard InChI is InChI=1S/C10H13FO3S/c1-2-9(7-12)15(13,14)10-5-3-8(11)4-6-10/h3-6,9,12H,2,7H2,1H3. The van der Waals surface area contributed by atoms with Gasteiger partial charge >= 0.3 is 0 Å². The van der Waals surface area contributed by atoms with Crippen LogP contribution >= 0.6 is 0 Å². The molecule has 0 spiro atoms. The van der Waals surface area contributed by atoms with Gasteiger partial charge in [-0.1, -0.05) is 6.92 Å². The van der Waals surface area contributed by atoms with Crippen LogP contribution in [-0.4, -0.2) is 25.4 Å². The Bertz CT molecular complexity index is 407. The van der Waals surface area contributed by atoms with Crippen molar-refractivity contribution in [1.29, 1.82) is 0 Å². The smallest absolute Gasteiger partial charge is 0.183 e. The van der Waals surface area contributed by atoms with Gasteiger partial charge in [0, 0.05) is 0 Å². The third kappa shape index (κ3) is 2.54. The Morgan fingerprint density at radius 1 is 1.33 bits per heavy atom. The molecule has 1 N–H and O–H groups in total. The number of hydrogen-bond acceptors (Lipinski definition) is 3. The summed E-state index contributed by atoms with van der Waals surface area (Å²) in [6, 6.07) is 4.61. The number of hydrogen-bond donors (Lipinski definition) is 1. The lowest BCUT2D eigenvalue weighted by Crippen LogP contribution is -2.24. The summed E-state index contributed by atoms with van der Waals surface area (Å²) in [6.07, 6.45) is 0.330. The van der Waals surface area contributed by atoms with Gasteiger partial charge in [0.2, 0.25) is 0 Å². The molecule has 1 rings (SSSR count). The second-order valence-electron chi connectivity index (χ2n) is 3.21. The van der Waals surface area contributed by atoms with Gasteiger partial charge in [-0.3, -0.25) is 0 Å². The molecule has 0 heterocycles. The minimum Gasteiger partial charge on any atom is -0.395 e. The molecule has 0 saturated heterocycles. The van der Waals surface area contributed by atoms with E-state index in [1.165, 1.54) is 12.1 Å². The molecule has 1 aromatic rings. The van der Waals surface area contributed by atoms with Crippen molar-refractivity contribution in [3.63, 3.8) is 0 Å². The molecule has 0 aliphatic rings. The summed E-state index contributed by atoms with van der Waals surface area (Å²) in [5.41, 5.74) is 0. The Hall–Kier alpha value is -0.940. The Balaban J connectivity index is 3.11. The molecule has 84 valence electrons. The molecule has 5 heteroatoms. The highest BCUT2D eigenvalue weighted by atomic mass is 32.2. The van der Waals surface area contributed by atoms with E-state index in [0.717, 1.165) is 12.1 Å². The van der Waals surface area contributed by atoms with Crippen LogP contribution in [0.5, 0.6) is 0 Å². The van der Waals surface area contributed by atoms with Crippen LogP contribution in [0.25, 0.3) is 0 Å². The van der Waals surface area contributed by atoms with E-state index in [9.17, 15) is 12.8 Å². The molecular weight excluding hydrogens is 219 g/mol. The Labute approximate surface area is 88.5 Å². The molecule has 0 aromatic heterocycles. The van der Waals surface area contributed by atoms with E-state index in [-0.39, 0.29) is 4.90 Å². The Morgan fingerprint density at radius 3 is 2.27 bits per heavy atom. The summed E-state index contributed by atoms with van der Waals surface area (Å²) in [6.45, 7) is 1.26. The van der Waals surface area contributed by atoms with Gasteiger partial charge in [-0.25, -0.2) is 12.8 Å². The lowest BCUT2D eigenvalue weighted by molar-refractivity contribution is 0.287. The van der Waals surface area contributed by atoms with Crippen LogP contribution in [0.3, 0.4) is 0 Å². The normalized spacial score (nSPS) is 13.8. The van der Waals surface area contributed by atoms with Gasteiger partial charge in [0.1, 0.15) is 5.82 Å². The first kappa shape index (κ1) is 12.1. The van der Waals surface area contributed by atoms with Crippen molar-refractivity contribution >= 4 is 9.84 Å². The molecule has 0 aliphatic heterocycles. The van der Waals surface area contributed by atoms with Gasteiger partial charge in [0.15, 0.2) is 9.84 Å². The summed E-state index contributed by atoms with van der Waals surface area (Å²) in [7, 11) is -3.53. The van der Waals surface area contributed by atoms with E-state index in [1.807, 2.05) is 0 Å².